The van der Waals surface area contributed by atoms with E-state index in [4.69, 9.17) is 4.52 Å². The van der Waals surface area contributed by atoms with Gasteiger partial charge in [-0.25, -0.2) is 14.4 Å². The van der Waals surface area contributed by atoms with Crippen LogP contribution < -0.4 is 0 Å². The van der Waals surface area contributed by atoms with Crippen molar-refractivity contribution in [2.45, 2.75) is 38.5 Å². The van der Waals surface area contributed by atoms with Gasteiger partial charge in [-0.05, 0) is 37.0 Å². The number of hydrogen-bond donors (Lipinski definition) is 0. The van der Waals surface area contributed by atoms with Crippen molar-refractivity contribution < 1.29 is 13.7 Å². The van der Waals surface area contributed by atoms with Crippen LogP contribution in [0, 0.1) is 12.7 Å². The van der Waals surface area contributed by atoms with E-state index in [-0.39, 0.29) is 17.6 Å². The van der Waals surface area contributed by atoms with E-state index < -0.39 is 0 Å². The summed E-state index contributed by atoms with van der Waals surface area (Å²) in [6, 6.07) is 6.30. The fraction of sp³-hybridized carbons (Fsp3) is 0.381. The van der Waals surface area contributed by atoms with E-state index in [1.165, 1.54) is 18.5 Å². The Labute approximate surface area is 168 Å². The van der Waals surface area contributed by atoms with E-state index >= 15 is 0 Å². The first kappa shape index (κ1) is 19.2. The Bertz CT molecular complexity index is 989. The maximum atomic E-state index is 13.0. The number of aryl methyl sites for hydroxylation is 2. The second-order valence-corrected chi connectivity index (χ2v) is 7.26. The van der Waals surface area contributed by atoms with Crippen LogP contribution in [0.4, 0.5) is 4.39 Å². The first-order valence-electron chi connectivity index (χ1n) is 9.73. The third-order valence-corrected chi connectivity index (χ3v) is 5.21. The smallest absolute Gasteiger partial charge is 0.223 e. The van der Waals surface area contributed by atoms with Crippen LogP contribution in [0.2, 0.25) is 0 Å². The van der Waals surface area contributed by atoms with Crippen molar-refractivity contribution in [3.05, 3.63) is 59.8 Å². The lowest BCUT2D eigenvalue weighted by atomic mass is 9.91. The van der Waals surface area contributed by atoms with E-state index in [9.17, 15) is 9.18 Å². The molecular weight excluding hydrogens is 373 g/mol. The lowest BCUT2D eigenvalue weighted by Crippen LogP contribution is -2.39. The minimum atomic E-state index is -0.267. The van der Waals surface area contributed by atoms with Crippen molar-refractivity contribution in [2.24, 2.45) is 0 Å². The maximum Gasteiger partial charge on any atom is 0.223 e. The lowest BCUT2D eigenvalue weighted by molar-refractivity contribution is -0.132. The largest absolute Gasteiger partial charge is 0.342 e. The van der Waals surface area contributed by atoms with E-state index in [1.54, 1.807) is 25.3 Å². The highest BCUT2D eigenvalue weighted by Gasteiger charge is 2.28. The lowest BCUT2D eigenvalue weighted by Gasteiger charge is -2.33. The molecule has 7 nitrogen and oxygen atoms in total. The van der Waals surface area contributed by atoms with Gasteiger partial charge < -0.3 is 9.42 Å². The monoisotopic (exact) mass is 395 g/mol. The summed E-state index contributed by atoms with van der Waals surface area (Å²) in [4.78, 5) is 27.5. The number of amides is 1. The number of piperidine rings is 1. The van der Waals surface area contributed by atoms with Crippen molar-refractivity contribution >= 4 is 5.91 Å². The molecule has 0 radical (unpaired) electrons. The summed E-state index contributed by atoms with van der Waals surface area (Å²) in [6.45, 7) is 3.08. The van der Waals surface area contributed by atoms with Crippen LogP contribution in [0.1, 0.15) is 42.3 Å². The molecule has 1 aromatic carbocycles. The van der Waals surface area contributed by atoms with E-state index in [0.717, 1.165) is 36.2 Å². The summed E-state index contributed by atoms with van der Waals surface area (Å²) in [5, 5.41) is 3.99. The van der Waals surface area contributed by atoms with E-state index in [0.29, 0.717) is 31.1 Å². The summed E-state index contributed by atoms with van der Waals surface area (Å²) in [5.74, 6) is 0.880. The van der Waals surface area contributed by atoms with Gasteiger partial charge in [-0.3, -0.25) is 4.79 Å². The third-order valence-electron chi connectivity index (χ3n) is 5.21. The number of nitrogens with zero attached hydrogens (tertiary/aromatic N) is 5. The number of hydrogen-bond acceptors (Lipinski definition) is 6. The number of rotatable bonds is 5. The van der Waals surface area contributed by atoms with Crippen LogP contribution in [0.15, 0.2) is 41.3 Å². The van der Waals surface area contributed by atoms with Crippen LogP contribution in [0.5, 0.6) is 0 Å². The Kier molecular flexibility index (Phi) is 5.59. The van der Waals surface area contributed by atoms with E-state index in [2.05, 4.69) is 20.1 Å². The highest BCUT2D eigenvalue weighted by atomic mass is 19.1. The van der Waals surface area contributed by atoms with Gasteiger partial charge in [0.1, 0.15) is 12.1 Å². The zero-order chi connectivity index (χ0) is 20.2. The van der Waals surface area contributed by atoms with Crippen molar-refractivity contribution in [2.75, 3.05) is 13.1 Å². The highest BCUT2D eigenvalue weighted by Crippen LogP contribution is 2.31. The first-order chi connectivity index (χ1) is 14.1. The average Bonchev–Trinajstić information content (AvgIpc) is 3.19. The van der Waals surface area contributed by atoms with Gasteiger partial charge in [0.2, 0.25) is 17.6 Å². The molecule has 0 saturated carbocycles. The molecule has 1 saturated heterocycles. The Hall–Kier alpha value is -3.16. The van der Waals surface area contributed by atoms with Gasteiger partial charge in [0, 0.05) is 38.5 Å². The van der Waals surface area contributed by atoms with Gasteiger partial charge >= 0.3 is 0 Å². The van der Waals surface area contributed by atoms with Gasteiger partial charge in [-0.2, -0.15) is 4.98 Å². The van der Waals surface area contributed by atoms with Gasteiger partial charge in [0.05, 0.1) is 11.3 Å². The quantitative estimate of drug-likeness (QED) is 0.659. The standard InChI is InChI=1S/C21H22FN5O2/c1-14-25-21(26-29-14)18-11-23-13-24-20(18)16-3-2-10-27(12-16)19(28)9-6-15-4-7-17(22)8-5-15/h4-5,7-8,11,13,16H,2-3,6,9-10,12H2,1H3/t16-/m0/s1. The highest BCUT2D eigenvalue weighted by molar-refractivity contribution is 5.76. The van der Waals surface area contributed by atoms with Crippen molar-refractivity contribution in [3.63, 3.8) is 0 Å². The van der Waals surface area contributed by atoms with Gasteiger partial charge in [0.25, 0.3) is 0 Å². The van der Waals surface area contributed by atoms with Crippen molar-refractivity contribution in [3.8, 4) is 11.4 Å². The molecule has 8 heteroatoms. The summed E-state index contributed by atoms with van der Waals surface area (Å²) in [5.41, 5.74) is 2.55. The molecule has 29 heavy (non-hydrogen) atoms. The van der Waals surface area contributed by atoms with Crippen LogP contribution >= 0.6 is 0 Å². The summed E-state index contributed by atoms with van der Waals surface area (Å²) in [6.07, 6.45) is 6.05. The fourth-order valence-corrected chi connectivity index (χ4v) is 3.73. The van der Waals surface area contributed by atoms with Crippen LogP contribution in [-0.4, -0.2) is 44.0 Å². The van der Waals surface area contributed by atoms with Crippen LogP contribution in [-0.2, 0) is 11.2 Å². The molecule has 0 spiro atoms. The maximum absolute atomic E-state index is 13.0. The SMILES string of the molecule is Cc1nc(-c2cncnc2[C@H]2CCCN(C(=O)CCc3ccc(F)cc3)C2)no1. The predicted octanol–water partition coefficient (Wildman–Crippen LogP) is 3.31. The van der Waals surface area contributed by atoms with Crippen molar-refractivity contribution in [1.29, 1.82) is 0 Å². The number of aromatic nitrogens is 4. The molecule has 150 valence electrons. The van der Waals surface area contributed by atoms with Crippen molar-refractivity contribution in [1.82, 2.24) is 25.0 Å². The van der Waals surface area contributed by atoms with Gasteiger partial charge in [0.15, 0.2) is 0 Å². The molecule has 2 aromatic heterocycles. The second-order valence-electron chi connectivity index (χ2n) is 7.26. The Balaban J connectivity index is 1.45. The molecule has 0 N–H and O–H groups in total. The predicted molar refractivity (Wildman–Crippen MR) is 103 cm³/mol. The molecule has 3 aromatic rings. The van der Waals surface area contributed by atoms with Crippen LogP contribution in [0.25, 0.3) is 11.4 Å². The molecule has 0 bridgehead atoms. The Morgan fingerprint density at radius 1 is 1.31 bits per heavy atom. The molecule has 0 aliphatic carbocycles. The molecule has 0 unspecified atom stereocenters. The number of likely N-dealkylation sites (tertiary alicyclic amines) is 1. The minimum absolute atomic E-state index is 0.0929. The van der Waals surface area contributed by atoms with E-state index in [1.807, 2.05) is 4.90 Å². The zero-order valence-corrected chi connectivity index (χ0v) is 16.2. The topological polar surface area (TPSA) is 85.0 Å². The van der Waals surface area contributed by atoms with Gasteiger partial charge in [-0.15, -0.1) is 0 Å². The summed E-state index contributed by atoms with van der Waals surface area (Å²) < 4.78 is 18.1. The first-order valence-corrected chi connectivity index (χ1v) is 9.73. The fourth-order valence-electron chi connectivity index (χ4n) is 3.73. The average molecular weight is 395 g/mol. The summed E-state index contributed by atoms with van der Waals surface area (Å²) in [7, 11) is 0. The number of benzene rings is 1. The molecule has 1 atom stereocenters. The normalized spacial score (nSPS) is 16.8. The van der Waals surface area contributed by atoms with Gasteiger partial charge in [-0.1, -0.05) is 17.3 Å². The molecule has 1 amide bonds. The minimum Gasteiger partial charge on any atom is -0.342 e. The molecule has 1 aliphatic heterocycles. The van der Waals surface area contributed by atoms with Crippen LogP contribution in [0.3, 0.4) is 0 Å². The zero-order valence-electron chi connectivity index (χ0n) is 16.2. The Morgan fingerprint density at radius 3 is 2.90 bits per heavy atom. The molecule has 3 heterocycles. The molecule has 4 rings (SSSR count). The third kappa shape index (κ3) is 4.47. The molecule has 1 fully saturated rings. The number of carbonyl (C=O) groups is 1. The number of carbonyl (C=O) groups excluding carboxylic acids is 1. The second kappa shape index (κ2) is 8.46. The Morgan fingerprint density at radius 2 is 2.14 bits per heavy atom. The number of halogens is 1. The summed E-state index contributed by atoms with van der Waals surface area (Å²) >= 11 is 0. The molecule has 1 aliphatic rings. The molecular formula is C21H22FN5O2.